The fraction of sp³-hybridized carbons (Fsp3) is 0.800. The van der Waals surface area contributed by atoms with Gasteiger partial charge in [-0.1, -0.05) is 33.1 Å². The number of nitrogens with one attached hydrogen (secondary N) is 1. The van der Waals surface area contributed by atoms with Crippen LogP contribution in [-0.4, -0.2) is 16.3 Å². The number of nitrogens with zero attached hydrogens (tertiary/aromatic N) is 2. The summed E-state index contributed by atoms with van der Waals surface area (Å²) in [6, 6.07) is 0.468. The summed E-state index contributed by atoms with van der Waals surface area (Å²) >= 11 is 0. The van der Waals surface area contributed by atoms with E-state index in [0.717, 1.165) is 25.4 Å². The molecule has 18 heavy (non-hydrogen) atoms. The van der Waals surface area contributed by atoms with E-state index in [1.54, 1.807) is 0 Å². The average molecular weight is 249 g/mol. The fourth-order valence-electron chi connectivity index (χ4n) is 3.04. The topological polar surface area (TPSA) is 29.9 Å². The van der Waals surface area contributed by atoms with E-state index < -0.39 is 0 Å². The molecule has 1 saturated carbocycles. The monoisotopic (exact) mass is 249 g/mol. The van der Waals surface area contributed by atoms with Crippen molar-refractivity contribution in [2.75, 3.05) is 6.54 Å². The van der Waals surface area contributed by atoms with E-state index in [0.29, 0.717) is 6.04 Å². The van der Waals surface area contributed by atoms with Gasteiger partial charge in [0.25, 0.3) is 0 Å². The lowest BCUT2D eigenvalue weighted by Crippen LogP contribution is -2.19. The Morgan fingerprint density at radius 2 is 2.11 bits per heavy atom. The molecule has 1 atom stereocenters. The van der Waals surface area contributed by atoms with E-state index in [-0.39, 0.29) is 0 Å². The first-order valence-corrected chi connectivity index (χ1v) is 7.59. The van der Waals surface area contributed by atoms with Crippen LogP contribution < -0.4 is 5.32 Å². The molecule has 102 valence electrons. The fourth-order valence-corrected chi connectivity index (χ4v) is 3.04. The highest BCUT2D eigenvalue weighted by atomic mass is 15.3. The zero-order chi connectivity index (χ0) is 12.8. The van der Waals surface area contributed by atoms with Crippen LogP contribution in [0.5, 0.6) is 0 Å². The Hall–Kier alpha value is -0.830. The van der Waals surface area contributed by atoms with Gasteiger partial charge in [-0.15, -0.1) is 0 Å². The minimum Gasteiger partial charge on any atom is -0.310 e. The number of hydrogen-bond acceptors (Lipinski definition) is 2. The summed E-state index contributed by atoms with van der Waals surface area (Å²) in [6.07, 6.45) is 12.4. The van der Waals surface area contributed by atoms with Crippen molar-refractivity contribution in [3.05, 3.63) is 18.0 Å². The van der Waals surface area contributed by atoms with E-state index >= 15 is 0 Å². The molecule has 0 aliphatic heterocycles. The maximum absolute atomic E-state index is 4.54. The molecule has 0 amide bonds. The lowest BCUT2D eigenvalue weighted by atomic mass is 9.89. The molecule has 3 heteroatoms. The summed E-state index contributed by atoms with van der Waals surface area (Å²) in [7, 11) is 0. The first kappa shape index (κ1) is 13.6. The third kappa shape index (κ3) is 3.58. The molecule has 0 spiro atoms. The second-order valence-corrected chi connectivity index (χ2v) is 5.52. The lowest BCUT2D eigenvalue weighted by molar-refractivity contribution is 0.308. The Labute approximate surface area is 111 Å². The molecule has 1 aromatic heterocycles. The summed E-state index contributed by atoms with van der Waals surface area (Å²) < 4.78 is 2.16. The second-order valence-electron chi connectivity index (χ2n) is 5.52. The van der Waals surface area contributed by atoms with Crippen molar-refractivity contribution in [2.45, 2.75) is 65.0 Å². The van der Waals surface area contributed by atoms with E-state index in [1.165, 1.54) is 37.7 Å². The molecule has 1 aromatic rings. The minimum absolute atomic E-state index is 0.468. The molecule has 2 rings (SSSR count). The van der Waals surface area contributed by atoms with Gasteiger partial charge < -0.3 is 5.32 Å². The number of aromatic nitrogens is 2. The molecule has 1 unspecified atom stereocenters. The molecule has 1 fully saturated rings. The maximum atomic E-state index is 4.54. The highest BCUT2D eigenvalue weighted by Gasteiger charge is 2.15. The van der Waals surface area contributed by atoms with Gasteiger partial charge >= 0.3 is 0 Å². The third-order valence-electron chi connectivity index (χ3n) is 4.08. The summed E-state index contributed by atoms with van der Waals surface area (Å²) in [5.41, 5.74) is 1.34. The third-order valence-corrected chi connectivity index (χ3v) is 4.08. The predicted molar refractivity (Wildman–Crippen MR) is 75.5 cm³/mol. The van der Waals surface area contributed by atoms with Crippen LogP contribution in [-0.2, 0) is 6.54 Å². The Morgan fingerprint density at radius 3 is 2.78 bits per heavy atom. The summed E-state index contributed by atoms with van der Waals surface area (Å²) in [6.45, 7) is 6.52. The van der Waals surface area contributed by atoms with Crippen molar-refractivity contribution in [3.63, 3.8) is 0 Å². The van der Waals surface area contributed by atoms with Gasteiger partial charge in [0.1, 0.15) is 0 Å². The first-order valence-electron chi connectivity index (χ1n) is 7.59. The molecular weight excluding hydrogens is 222 g/mol. The molecular formula is C15H27N3. The van der Waals surface area contributed by atoms with Crippen molar-refractivity contribution in [3.8, 4) is 0 Å². The van der Waals surface area contributed by atoms with Gasteiger partial charge in [-0.3, -0.25) is 4.68 Å². The summed E-state index contributed by atoms with van der Waals surface area (Å²) in [5.74, 6) is 0.853. The SMILES string of the molecule is CCNC(CC)c1cnn(CC2CCCCC2)c1. The standard InChI is InChI=1S/C15H27N3/c1-3-15(16-4-2)14-10-17-18(12-14)11-13-8-6-5-7-9-13/h10,12-13,15-16H,3-9,11H2,1-2H3. The smallest absolute Gasteiger partial charge is 0.0537 e. The van der Waals surface area contributed by atoms with Gasteiger partial charge in [-0.05, 0) is 31.7 Å². The largest absolute Gasteiger partial charge is 0.310 e. The quantitative estimate of drug-likeness (QED) is 0.836. The Balaban J connectivity index is 1.92. The molecule has 0 bridgehead atoms. The van der Waals surface area contributed by atoms with Crippen LogP contribution in [0.15, 0.2) is 12.4 Å². The highest BCUT2D eigenvalue weighted by Crippen LogP contribution is 2.25. The lowest BCUT2D eigenvalue weighted by Gasteiger charge is -2.21. The predicted octanol–water partition coefficient (Wildman–Crippen LogP) is 3.52. The minimum atomic E-state index is 0.468. The molecule has 0 saturated heterocycles. The van der Waals surface area contributed by atoms with Crippen molar-refractivity contribution < 1.29 is 0 Å². The van der Waals surface area contributed by atoms with Crippen LogP contribution in [0.2, 0.25) is 0 Å². The number of hydrogen-bond donors (Lipinski definition) is 1. The number of rotatable bonds is 6. The first-order chi connectivity index (χ1) is 8.83. The highest BCUT2D eigenvalue weighted by molar-refractivity contribution is 5.10. The summed E-state index contributed by atoms with van der Waals surface area (Å²) in [4.78, 5) is 0. The molecule has 1 aliphatic carbocycles. The van der Waals surface area contributed by atoms with Crippen molar-refractivity contribution in [1.82, 2.24) is 15.1 Å². The van der Waals surface area contributed by atoms with Crippen molar-refractivity contribution >= 4 is 0 Å². The normalized spacial score (nSPS) is 19.0. The van der Waals surface area contributed by atoms with Crippen LogP contribution in [0, 0.1) is 5.92 Å². The van der Waals surface area contributed by atoms with Gasteiger partial charge in [-0.25, -0.2) is 0 Å². The van der Waals surface area contributed by atoms with Gasteiger partial charge in [0, 0.05) is 24.3 Å². The van der Waals surface area contributed by atoms with Gasteiger partial charge in [0.15, 0.2) is 0 Å². The van der Waals surface area contributed by atoms with E-state index in [4.69, 9.17) is 0 Å². The van der Waals surface area contributed by atoms with Gasteiger partial charge in [0.05, 0.1) is 6.20 Å². The second kappa shape index (κ2) is 6.93. The Bertz CT molecular complexity index is 339. The van der Waals surface area contributed by atoms with Crippen LogP contribution in [0.25, 0.3) is 0 Å². The zero-order valence-corrected chi connectivity index (χ0v) is 11.9. The molecule has 3 nitrogen and oxygen atoms in total. The van der Waals surface area contributed by atoms with Crippen LogP contribution in [0.4, 0.5) is 0 Å². The van der Waals surface area contributed by atoms with Crippen LogP contribution in [0.3, 0.4) is 0 Å². The van der Waals surface area contributed by atoms with Crippen molar-refractivity contribution in [1.29, 1.82) is 0 Å². The maximum Gasteiger partial charge on any atom is 0.0537 e. The Morgan fingerprint density at radius 1 is 1.33 bits per heavy atom. The van der Waals surface area contributed by atoms with E-state index in [2.05, 4.69) is 35.1 Å². The average Bonchev–Trinajstić information content (AvgIpc) is 2.85. The van der Waals surface area contributed by atoms with Gasteiger partial charge in [0.2, 0.25) is 0 Å². The van der Waals surface area contributed by atoms with Crippen LogP contribution in [0.1, 0.15) is 64.0 Å². The van der Waals surface area contributed by atoms with E-state index in [9.17, 15) is 0 Å². The van der Waals surface area contributed by atoms with Crippen LogP contribution >= 0.6 is 0 Å². The molecule has 1 heterocycles. The zero-order valence-electron chi connectivity index (χ0n) is 11.9. The van der Waals surface area contributed by atoms with Crippen molar-refractivity contribution in [2.24, 2.45) is 5.92 Å². The molecule has 1 N–H and O–H groups in total. The molecule has 0 radical (unpaired) electrons. The summed E-state index contributed by atoms with van der Waals surface area (Å²) in [5, 5.41) is 8.05. The Kier molecular flexibility index (Phi) is 5.24. The van der Waals surface area contributed by atoms with E-state index in [1.807, 2.05) is 6.20 Å². The molecule has 0 aromatic carbocycles. The molecule has 1 aliphatic rings. The van der Waals surface area contributed by atoms with Gasteiger partial charge in [-0.2, -0.15) is 5.10 Å².